The zero-order chi connectivity index (χ0) is 18.0. The summed E-state index contributed by atoms with van der Waals surface area (Å²) in [6.45, 7) is 11.8. The number of hydrogen-bond donors (Lipinski definition) is 2. The van der Waals surface area contributed by atoms with Gasteiger partial charge in [0.15, 0.2) is 5.65 Å². The van der Waals surface area contributed by atoms with Crippen LogP contribution in [-0.2, 0) is 12.8 Å². The molecule has 3 heterocycles. The van der Waals surface area contributed by atoms with Gasteiger partial charge in [0.05, 0.1) is 12.3 Å². The van der Waals surface area contributed by atoms with Crippen LogP contribution in [0, 0.1) is 13.5 Å². The molecule has 3 N–H and O–H groups in total. The lowest BCUT2D eigenvalue weighted by atomic mass is 10.2. The number of nitrogens with two attached hydrogens (primary N) is 1. The number of pyridine rings is 1. The molecule has 0 aliphatic rings. The molecule has 0 aliphatic heterocycles. The topological polar surface area (TPSA) is 85.5 Å². The van der Waals surface area contributed by atoms with Crippen molar-refractivity contribution in [3.05, 3.63) is 51.7 Å². The van der Waals surface area contributed by atoms with Gasteiger partial charge in [-0.15, -0.1) is 0 Å². The predicted octanol–water partition coefficient (Wildman–Crippen LogP) is 3.44. The van der Waals surface area contributed by atoms with Crippen LogP contribution in [0.3, 0.4) is 0 Å². The fourth-order valence-electron chi connectivity index (χ4n) is 2.55. The Kier molecular flexibility index (Phi) is 4.72. The molecule has 7 nitrogen and oxygen atoms in total. The highest BCUT2D eigenvalue weighted by atomic mass is 35.5. The van der Waals surface area contributed by atoms with Gasteiger partial charge in [-0.25, -0.2) is 14.3 Å². The fraction of sp³-hybridized carbons (Fsp3) is 0.294. The van der Waals surface area contributed by atoms with Crippen LogP contribution in [0.4, 0.5) is 17.3 Å². The number of nitrogens with one attached hydrogen (secondary N) is 1. The number of hydrogen-bond acceptors (Lipinski definition) is 5. The standard InChI is InChI=1S/C17H18ClN7/c1-4-11-6-5-7-12(22-11)8-9-21-16-14(20-3)15(19)25-17(23-16)13(18)10(2)24-25/h5-7H,4,8-9,19H2,1-2H3,(H,21,23). The Balaban J connectivity index is 1.85. The molecule has 0 unspecified atom stereocenters. The number of rotatable bonds is 5. The van der Waals surface area contributed by atoms with Gasteiger partial charge in [-0.05, 0) is 25.5 Å². The molecule has 0 fully saturated rings. The van der Waals surface area contributed by atoms with E-state index in [0.717, 1.165) is 17.8 Å². The summed E-state index contributed by atoms with van der Waals surface area (Å²) >= 11 is 6.23. The van der Waals surface area contributed by atoms with Crippen molar-refractivity contribution in [2.45, 2.75) is 26.7 Å². The summed E-state index contributed by atoms with van der Waals surface area (Å²) < 4.78 is 1.41. The van der Waals surface area contributed by atoms with Crippen molar-refractivity contribution >= 4 is 34.6 Å². The zero-order valence-corrected chi connectivity index (χ0v) is 14.8. The Morgan fingerprint density at radius 1 is 1.32 bits per heavy atom. The van der Waals surface area contributed by atoms with Crippen molar-refractivity contribution in [3.63, 3.8) is 0 Å². The summed E-state index contributed by atoms with van der Waals surface area (Å²) in [6.07, 6.45) is 1.61. The van der Waals surface area contributed by atoms with E-state index in [9.17, 15) is 0 Å². The number of aryl methyl sites for hydroxylation is 2. The molecule has 25 heavy (non-hydrogen) atoms. The van der Waals surface area contributed by atoms with E-state index in [1.54, 1.807) is 6.92 Å². The summed E-state index contributed by atoms with van der Waals surface area (Å²) in [4.78, 5) is 12.5. The minimum absolute atomic E-state index is 0.226. The lowest BCUT2D eigenvalue weighted by Crippen LogP contribution is -2.10. The maximum atomic E-state index is 7.39. The minimum Gasteiger partial charge on any atom is -0.392 e. The first-order chi connectivity index (χ1) is 12.0. The Morgan fingerprint density at radius 2 is 2.08 bits per heavy atom. The molecule has 0 bridgehead atoms. The quantitative estimate of drug-likeness (QED) is 0.685. The maximum absolute atomic E-state index is 7.39. The third kappa shape index (κ3) is 3.21. The van der Waals surface area contributed by atoms with Gasteiger partial charge in [-0.3, -0.25) is 4.98 Å². The Labute approximate surface area is 150 Å². The summed E-state index contributed by atoms with van der Waals surface area (Å²) in [5, 5.41) is 7.83. The fourth-order valence-corrected chi connectivity index (χ4v) is 2.71. The molecular weight excluding hydrogens is 338 g/mol. The predicted molar refractivity (Wildman–Crippen MR) is 99.2 cm³/mol. The normalized spacial score (nSPS) is 10.8. The average Bonchev–Trinajstić information content (AvgIpc) is 2.91. The molecule has 0 saturated carbocycles. The van der Waals surface area contributed by atoms with E-state index in [-0.39, 0.29) is 11.5 Å². The average molecular weight is 356 g/mol. The molecule has 8 heteroatoms. The Bertz CT molecular complexity index is 971. The van der Waals surface area contributed by atoms with Gasteiger partial charge in [0, 0.05) is 24.4 Å². The zero-order valence-electron chi connectivity index (χ0n) is 14.0. The highest BCUT2D eigenvalue weighted by Gasteiger charge is 2.18. The first-order valence-electron chi connectivity index (χ1n) is 7.95. The molecule has 3 aromatic heterocycles. The van der Waals surface area contributed by atoms with Gasteiger partial charge in [0.25, 0.3) is 5.69 Å². The molecule has 0 aliphatic carbocycles. The first-order valence-corrected chi connectivity index (χ1v) is 8.33. The maximum Gasteiger partial charge on any atom is 0.268 e. The number of aromatic nitrogens is 4. The molecule has 0 amide bonds. The Hall–Kier alpha value is -2.85. The van der Waals surface area contributed by atoms with E-state index in [2.05, 4.69) is 32.2 Å². The number of anilines is 2. The van der Waals surface area contributed by atoms with Crippen molar-refractivity contribution in [1.29, 1.82) is 0 Å². The summed E-state index contributed by atoms with van der Waals surface area (Å²) in [6, 6.07) is 6.00. The number of halogens is 1. The summed E-state index contributed by atoms with van der Waals surface area (Å²) in [5.74, 6) is 0.636. The highest BCUT2D eigenvalue weighted by Crippen LogP contribution is 2.33. The third-order valence-corrected chi connectivity index (χ3v) is 4.33. The van der Waals surface area contributed by atoms with E-state index in [1.807, 2.05) is 18.2 Å². The monoisotopic (exact) mass is 355 g/mol. The lowest BCUT2D eigenvalue weighted by molar-refractivity contribution is 0.908. The van der Waals surface area contributed by atoms with Crippen LogP contribution in [0.25, 0.3) is 10.5 Å². The molecule has 3 rings (SSSR count). The number of nitrogen functional groups attached to an aromatic ring is 1. The highest BCUT2D eigenvalue weighted by molar-refractivity contribution is 6.34. The third-order valence-electron chi connectivity index (χ3n) is 3.89. The summed E-state index contributed by atoms with van der Waals surface area (Å²) in [5.41, 5.74) is 9.42. The molecule has 0 spiro atoms. The summed E-state index contributed by atoms with van der Waals surface area (Å²) in [7, 11) is 0. The van der Waals surface area contributed by atoms with Crippen LogP contribution in [0.15, 0.2) is 18.2 Å². The van der Waals surface area contributed by atoms with E-state index in [0.29, 0.717) is 35.1 Å². The first kappa shape index (κ1) is 17.0. The van der Waals surface area contributed by atoms with Crippen LogP contribution in [0.2, 0.25) is 5.02 Å². The van der Waals surface area contributed by atoms with Crippen LogP contribution in [0.5, 0.6) is 0 Å². The van der Waals surface area contributed by atoms with Crippen LogP contribution < -0.4 is 11.1 Å². The Morgan fingerprint density at radius 3 is 2.80 bits per heavy atom. The molecule has 0 aromatic carbocycles. The van der Waals surface area contributed by atoms with Crippen molar-refractivity contribution in [2.75, 3.05) is 17.6 Å². The number of fused-ring (bicyclic) bond motifs is 1. The van der Waals surface area contributed by atoms with E-state index < -0.39 is 0 Å². The van der Waals surface area contributed by atoms with Crippen molar-refractivity contribution < 1.29 is 0 Å². The van der Waals surface area contributed by atoms with Gasteiger partial charge in [0.1, 0.15) is 16.7 Å². The van der Waals surface area contributed by atoms with E-state index in [4.69, 9.17) is 23.9 Å². The van der Waals surface area contributed by atoms with Gasteiger partial charge < -0.3 is 11.1 Å². The van der Waals surface area contributed by atoms with Crippen molar-refractivity contribution in [3.8, 4) is 0 Å². The van der Waals surface area contributed by atoms with Crippen molar-refractivity contribution in [2.24, 2.45) is 0 Å². The van der Waals surface area contributed by atoms with Crippen LogP contribution in [-0.4, -0.2) is 26.1 Å². The molecule has 0 atom stereocenters. The molecule has 0 saturated heterocycles. The SMILES string of the molecule is [C-]#[N+]c1c(NCCc2cccc(CC)n2)nc2c(Cl)c(C)nn2c1N. The second-order valence-corrected chi connectivity index (χ2v) is 5.97. The molecule has 0 radical (unpaired) electrons. The van der Waals surface area contributed by atoms with Crippen molar-refractivity contribution in [1.82, 2.24) is 19.6 Å². The second kappa shape index (κ2) is 6.95. The second-order valence-electron chi connectivity index (χ2n) is 5.59. The largest absolute Gasteiger partial charge is 0.392 e. The molecular formula is C17H18ClN7. The number of nitrogens with zero attached hydrogens (tertiary/aromatic N) is 5. The smallest absolute Gasteiger partial charge is 0.268 e. The van der Waals surface area contributed by atoms with Crippen LogP contribution in [0.1, 0.15) is 24.0 Å². The van der Waals surface area contributed by atoms with E-state index in [1.165, 1.54) is 4.52 Å². The lowest BCUT2D eigenvalue weighted by Gasteiger charge is -2.10. The van der Waals surface area contributed by atoms with Gasteiger partial charge >= 0.3 is 0 Å². The molecule has 3 aromatic rings. The van der Waals surface area contributed by atoms with Crippen LogP contribution >= 0.6 is 11.6 Å². The van der Waals surface area contributed by atoms with Gasteiger partial charge in [0.2, 0.25) is 0 Å². The van der Waals surface area contributed by atoms with Gasteiger partial charge in [-0.2, -0.15) is 5.10 Å². The molecule has 128 valence electrons. The minimum atomic E-state index is 0.226. The van der Waals surface area contributed by atoms with Gasteiger partial charge in [-0.1, -0.05) is 24.6 Å². The van der Waals surface area contributed by atoms with E-state index >= 15 is 0 Å².